The molecule has 0 radical (unpaired) electrons. The molecule has 4 nitrogen and oxygen atoms in total. The third-order valence-corrected chi connectivity index (χ3v) is 4.65. The van der Waals surface area contributed by atoms with E-state index < -0.39 is 0 Å². The molecule has 0 unspecified atom stereocenters. The fourth-order valence-electron chi connectivity index (χ4n) is 3.35. The molecule has 0 aliphatic rings. The topological polar surface area (TPSA) is 43.1 Å². The Morgan fingerprint density at radius 2 is 1.81 bits per heavy atom. The third-order valence-electron chi connectivity index (χ3n) is 4.65. The van der Waals surface area contributed by atoms with E-state index >= 15 is 0 Å². The Bertz CT molecular complexity index is 1100. The van der Waals surface area contributed by atoms with Crippen LogP contribution < -0.4 is 4.57 Å². The number of hydrogen-bond donors (Lipinski definition) is 0. The predicted octanol–water partition coefficient (Wildman–Crippen LogP) is 5.26. The number of hydrogen-bond acceptors (Lipinski definition) is 3. The van der Waals surface area contributed by atoms with Gasteiger partial charge in [-0.3, -0.25) is 0 Å². The van der Waals surface area contributed by atoms with E-state index in [9.17, 15) is 0 Å². The Hall–Kier alpha value is -3.14. The minimum Gasteiger partial charge on any atom is -0.440 e. The summed E-state index contributed by atoms with van der Waals surface area (Å²) in [5, 5.41) is 0. The van der Waals surface area contributed by atoms with Crippen LogP contribution in [0.4, 0.5) is 0 Å². The van der Waals surface area contributed by atoms with Crippen LogP contribution in [0, 0.1) is 0 Å². The maximum atomic E-state index is 6.05. The summed E-state index contributed by atoms with van der Waals surface area (Å²) in [6, 6.07) is 14.1. The van der Waals surface area contributed by atoms with Crippen molar-refractivity contribution in [3.63, 3.8) is 0 Å². The van der Waals surface area contributed by atoms with E-state index in [0.717, 1.165) is 41.4 Å². The average molecular weight is 359 g/mol. The minimum atomic E-state index is 0.660. The van der Waals surface area contributed by atoms with Gasteiger partial charge in [-0.2, -0.15) is 4.57 Å². The van der Waals surface area contributed by atoms with Crippen LogP contribution in [-0.2, 0) is 19.4 Å². The molecule has 4 rings (SSSR count). The number of aromatic nitrogens is 2. The molecule has 136 valence electrons. The minimum absolute atomic E-state index is 0.660. The molecule has 0 N–H and O–H groups in total. The number of nitrogens with zero attached hydrogens (tertiary/aromatic N) is 2. The van der Waals surface area contributed by atoms with Crippen molar-refractivity contribution in [2.75, 3.05) is 0 Å². The molecular weight excluding hydrogens is 336 g/mol. The lowest BCUT2D eigenvalue weighted by molar-refractivity contribution is -0.674. The fraction of sp³-hybridized carbons (Fsp3) is 0.217. The van der Waals surface area contributed by atoms with Crippen molar-refractivity contribution < 1.29 is 13.4 Å². The van der Waals surface area contributed by atoms with Crippen LogP contribution in [0.3, 0.4) is 0 Å². The number of aryl methyl sites for hydroxylation is 2. The van der Waals surface area contributed by atoms with Gasteiger partial charge in [-0.25, -0.2) is 4.98 Å². The van der Waals surface area contributed by atoms with Crippen LogP contribution in [-0.4, -0.2) is 4.98 Å². The van der Waals surface area contributed by atoms with Gasteiger partial charge in [-0.1, -0.05) is 49.4 Å². The van der Waals surface area contributed by atoms with E-state index in [0.29, 0.717) is 6.42 Å². The number of fused-ring (bicyclic) bond motifs is 2. The number of benzene rings is 2. The standard InChI is InChI=1S/C23H23N2O2/c1-3-17-11-10-14-20-23(17)25(4-2)22(27-20)16-7-5-6-15-21-24-18-12-8-9-13-19(18)26-21/h5-14,16H,3-4,15H2,1-2H3/q+1. The molecule has 2 aromatic heterocycles. The van der Waals surface area contributed by atoms with Gasteiger partial charge < -0.3 is 8.83 Å². The summed E-state index contributed by atoms with van der Waals surface area (Å²) in [5.74, 6) is 1.58. The molecular formula is C23H23N2O2+. The zero-order valence-electron chi connectivity index (χ0n) is 15.7. The van der Waals surface area contributed by atoms with E-state index in [-0.39, 0.29) is 0 Å². The van der Waals surface area contributed by atoms with Crippen molar-refractivity contribution in [3.8, 4) is 0 Å². The first kappa shape index (κ1) is 17.3. The maximum absolute atomic E-state index is 6.05. The molecule has 0 saturated heterocycles. The Morgan fingerprint density at radius 3 is 2.63 bits per heavy atom. The summed E-state index contributed by atoms with van der Waals surface area (Å²) in [4.78, 5) is 4.48. The van der Waals surface area contributed by atoms with E-state index in [1.54, 1.807) is 0 Å². The van der Waals surface area contributed by atoms with Gasteiger partial charge in [0.1, 0.15) is 12.1 Å². The molecule has 27 heavy (non-hydrogen) atoms. The quantitative estimate of drug-likeness (QED) is 0.348. The zero-order valence-corrected chi connectivity index (χ0v) is 15.7. The summed E-state index contributed by atoms with van der Waals surface area (Å²) < 4.78 is 14.0. The molecule has 2 aromatic carbocycles. The smallest absolute Gasteiger partial charge is 0.374 e. The second kappa shape index (κ2) is 7.62. The zero-order chi connectivity index (χ0) is 18.6. The van der Waals surface area contributed by atoms with Crippen LogP contribution in [0.5, 0.6) is 0 Å². The molecule has 0 amide bonds. The molecule has 2 heterocycles. The van der Waals surface area contributed by atoms with Crippen molar-refractivity contribution in [3.05, 3.63) is 78.0 Å². The van der Waals surface area contributed by atoms with Gasteiger partial charge in [-0.05, 0) is 31.5 Å². The number of allylic oxidation sites excluding steroid dienone is 3. The second-order valence-corrected chi connectivity index (χ2v) is 6.37. The van der Waals surface area contributed by atoms with Gasteiger partial charge in [0, 0.05) is 12.0 Å². The summed E-state index contributed by atoms with van der Waals surface area (Å²) >= 11 is 0. The van der Waals surface area contributed by atoms with E-state index in [4.69, 9.17) is 8.83 Å². The summed E-state index contributed by atoms with van der Waals surface area (Å²) in [6.07, 6.45) is 9.70. The molecule has 4 aromatic rings. The summed E-state index contributed by atoms with van der Waals surface area (Å²) in [5.41, 5.74) is 5.16. The molecule has 0 aliphatic heterocycles. The molecule has 0 atom stereocenters. The lowest BCUT2D eigenvalue weighted by Gasteiger charge is -1.95. The first-order valence-corrected chi connectivity index (χ1v) is 9.42. The van der Waals surface area contributed by atoms with Crippen LogP contribution in [0.1, 0.15) is 31.2 Å². The van der Waals surface area contributed by atoms with Gasteiger partial charge in [0.25, 0.3) is 5.52 Å². The van der Waals surface area contributed by atoms with Gasteiger partial charge in [0.05, 0.1) is 6.08 Å². The highest BCUT2D eigenvalue weighted by atomic mass is 16.4. The van der Waals surface area contributed by atoms with Crippen LogP contribution in [0.2, 0.25) is 0 Å². The Kier molecular flexibility index (Phi) is 4.88. The van der Waals surface area contributed by atoms with Gasteiger partial charge in [0.2, 0.25) is 5.58 Å². The van der Waals surface area contributed by atoms with Crippen molar-refractivity contribution in [1.29, 1.82) is 0 Å². The van der Waals surface area contributed by atoms with Crippen molar-refractivity contribution in [2.45, 2.75) is 33.2 Å². The normalized spacial score (nSPS) is 12.2. The lowest BCUT2D eigenvalue weighted by Crippen LogP contribution is -2.34. The first-order chi connectivity index (χ1) is 13.3. The second-order valence-electron chi connectivity index (χ2n) is 6.37. The molecule has 0 spiro atoms. The molecule has 0 fully saturated rings. The Balaban J connectivity index is 1.51. The lowest BCUT2D eigenvalue weighted by atomic mass is 10.1. The van der Waals surface area contributed by atoms with E-state index in [1.807, 2.05) is 54.6 Å². The first-order valence-electron chi connectivity index (χ1n) is 9.42. The van der Waals surface area contributed by atoms with Crippen LogP contribution >= 0.6 is 0 Å². The van der Waals surface area contributed by atoms with Gasteiger partial charge in [0.15, 0.2) is 11.5 Å². The van der Waals surface area contributed by atoms with E-state index in [2.05, 4.69) is 35.5 Å². The number of rotatable bonds is 6. The Labute approximate surface area is 158 Å². The van der Waals surface area contributed by atoms with Crippen molar-refractivity contribution in [2.24, 2.45) is 0 Å². The monoisotopic (exact) mass is 359 g/mol. The number of para-hydroxylation sites is 3. The largest absolute Gasteiger partial charge is 0.440 e. The fourth-order valence-corrected chi connectivity index (χ4v) is 3.35. The molecule has 0 saturated carbocycles. The molecule has 0 aliphatic carbocycles. The van der Waals surface area contributed by atoms with Crippen molar-refractivity contribution >= 4 is 28.3 Å². The summed E-state index contributed by atoms with van der Waals surface area (Å²) in [6.45, 7) is 5.18. The van der Waals surface area contributed by atoms with Gasteiger partial charge >= 0.3 is 5.89 Å². The number of oxazole rings is 2. The maximum Gasteiger partial charge on any atom is 0.374 e. The highest BCUT2D eigenvalue weighted by Gasteiger charge is 2.21. The highest BCUT2D eigenvalue weighted by Crippen LogP contribution is 2.19. The van der Waals surface area contributed by atoms with Crippen LogP contribution in [0.25, 0.3) is 28.3 Å². The van der Waals surface area contributed by atoms with Gasteiger partial charge in [-0.15, -0.1) is 0 Å². The SMILES string of the molecule is CCc1cccc2oc(C=CC=CCc3nc4ccccc4o3)[n+](CC)c12. The van der Waals surface area contributed by atoms with Crippen molar-refractivity contribution in [1.82, 2.24) is 4.98 Å². The average Bonchev–Trinajstić information content (AvgIpc) is 3.27. The van der Waals surface area contributed by atoms with Crippen LogP contribution in [0.15, 0.2) is 69.5 Å². The van der Waals surface area contributed by atoms with E-state index in [1.165, 1.54) is 11.1 Å². The predicted molar refractivity (Wildman–Crippen MR) is 107 cm³/mol. The third kappa shape index (κ3) is 3.43. The summed E-state index contributed by atoms with van der Waals surface area (Å²) in [7, 11) is 0. The highest BCUT2D eigenvalue weighted by molar-refractivity contribution is 5.74. The molecule has 0 bridgehead atoms. The Morgan fingerprint density at radius 1 is 0.963 bits per heavy atom. The molecule has 4 heteroatoms.